The van der Waals surface area contributed by atoms with Crippen LogP contribution >= 0.6 is 0 Å². The number of fused-ring (bicyclic) bond motifs is 1. The van der Waals surface area contributed by atoms with Gasteiger partial charge < -0.3 is 10.1 Å². The van der Waals surface area contributed by atoms with Gasteiger partial charge in [-0.1, -0.05) is 18.2 Å². The molecule has 0 spiro atoms. The first-order chi connectivity index (χ1) is 13.3. The van der Waals surface area contributed by atoms with Crippen LogP contribution in [-0.4, -0.2) is 21.6 Å². The highest BCUT2D eigenvalue weighted by atomic mass is 16.5. The van der Waals surface area contributed by atoms with Gasteiger partial charge in [-0.2, -0.15) is 0 Å². The number of pyridine rings is 1. The van der Waals surface area contributed by atoms with Crippen LogP contribution in [0.25, 0.3) is 11.3 Å². The van der Waals surface area contributed by atoms with Crippen LogP contribution in [0.3, 0.4) is 0 Å². The number of hydrogen-bond donors (Lipinski definition) is 1. The van der Waals surface area contributed by atoms with Crippen LogP contribution in [0.1, 0.15) is 30.3 Å². The lowest BCUT2D eigenvalue weighted by Gasteiger charge is -2.27. The molecule has 27 heavy (non-hydrogen) atoms. The molecule has 3 heterocycles. The Morgan fingerprint density at radius 3 is 2.85 bits per heavy atom. The van der Waals surface area contributed by atoms with Crippen molar-refractivity contribution in [3.05, 3.63) is 76.6 Å². The summed E-state index contributed by atoms with van der Waals surface area (Å²) in [6, 6.07) is 13.3. The Morgan fingerprint density at radius 1 is 1.22 bits per heavy atom. The Kier molecular flexibility index (Phi) is 4.98. The Morgan fingerprint density at radius 2 is 2.04 bits per heavy atom. The first-order valence-corrected chi connectivity index (χ1v) is 9.13. The van der Waals surface area contributed by atoms with E-state index < -0.39 is 0 Å². The molecule has 1 aliphatic heterocycles. The molecule has 0 amide bonds. The summed E-state index contributed by atoms with van der Waals surface area (Å²) in [7, 11) is 1.68. The van der Waals surface area contributed by atoms with Crippen molar-refractivity contribution >= 4 is 0 Å². The number of benzene rings is 1. The van der Waals surface area contributed by atoms with Gasteiger partial charge in [-0.25, -0.2) is 4.98 Å². The molecule has 0 bridgehead atoms. The van der Waals surface area contributed by atoms with Crippen LogP contribution in [0.2, 0.25) is 0 Å². The van der Waals surface area contributed by atoms with Crippen molar-refractivity contribution in [3.63, 3.8) is 0 Å². The monoisotopic (exact) mass is 362 g/mol. The van der Waals surface area contributed by atoms with Crippen LogP contribution in [0.5, 0.6) is 5.75 Å². The van der Waals surface area contributed by atoms with E-state index >= 15 is 0 Å². The van der Waals surface area contributed by atoms with E-state index in [9.17, 15) is 4.79 Å². The average Bonchev–Trinajstić information content (AvgIpc) is 2.73. The van der Waals surface area contributed by atoms with E-state index in [1.165, 1.54) is 0 Å². The van der Waals surface area contributed by atoms with Crippen LogP contribution in [0.4, 0.5) is 0 Å². The van der Waals surface area contributed by atoms with Crippen LogP contribution < -0.4 is 15.6 Å². The highest BCUT2D eigenvalue weighted by molar-refractivity contribution is 5.57. The van der Waals surface area contributed by atoms with Crippen molar-refractivity contribution in [2.45, 2.75) is 32.0 Å². The highest BCUT2D eigenvalue weighted by Gasteiger charge is 2.23. The van der Waals surface area contributed by atoms with E-state index in [0.29, 0.717) is 18.8 Å². The molecular weight excluding hydrogens is 340 g/mol. The quantitative estimate of drug-likeness (QED) is 0.756. The number of methoxy groups -OCH3 is 1. The Labute approximate surface area is 157 Å². The molecule has 1 aromatic carbocycles. The number of rotatable bonds is 5. The van der Waals surface area contributed by atoms with Gasteiger partial charge in [0.1, 0.15) is 11.6 Å². The van der Waals surface area contributed by atoms with Gasteiger partial charge in [0.15, 0.2) is 0 Å². The molecule has 138 valence electrons. The standard InChI is InChI=1S/C21H22N4O2/c1-27-19-7-3-2-5-16(19)14-23-17-6-4-12-25-20(26)13-18(24-21(17)25)15-8-10-22-11-9-15/h2-3,5,7-11,13,17,23H,4,6,12,14H2,1H3. The maximum atomic E-state index is 12.6. The van der Waals surface area contributed by atoms with E-state index in [-0.39, 0.29) is 11.6 Å². The van der Waals surface area contributed by atoms with Crippen molar-refractivity contribution in [3.8, 4) is 17.0 Å². The Bertz CT molecular complexity index is 985. The summed E-state index contributed by atoms with van der Waals surface area (Å²) in [5.41, 5.74) is 2.68. The Hall–Kier alpha value is -2.99. The molecule has 0 fully saturated rings. The van der Waals surface area contributed by atoms with Crippen molar-refractivity contribution in [2.75, 3.05) is 7.11 Å². The lowest BCUT2D eigenvalue weighted by Crippen LogP contribution is -2.35. The molecule has 0 saturated carbocycles. The number of aromatic nitrogens is 3. The largest absolute Gasteiger partial charge is 0.496 e. The topological polar surface area (TPSA) is 69.0 Å². The van der Waals surface area contributed by atoms with Crippen molar-refractivity contribution in [1.29, 1.82) is 0 Å². The van der Waals surface area contributed by atoms with Crippen LogP contribution in [0, 0.1) is 0 Å². The zero-order valence-corrected chi connectivity index (χ0v) is 15.3. The second kappa shape index (κ2) is 7.72. The predicted molar refractivity (Wildman–Crippen MR) is 104 cm³/mol. The third-order valence-corrected chi connectivity index (χ3v) is 4.93. The Balaban J connectivity index is 1.64. The molecular formula is C21H22N4O2. The number of para-hydroxylation sites is 1. The molecule has 6 nitrogen and oxygen atoms in total. The van der Waals surface area contributed by atoms with Gasteiger partial charge in [0.25, 0.3) is 5.56 Å². The first-order valence-electron chi connectivity index (χ1n) is 9.13. The van der Waals surface area contributed by atoms with Gasteiger partial charge >= 0.3 is 0 Å². The highest BCUT2D eigenvalue weighted by Crippen LogP contribution is 2.26. The predicted octanol–water partition coefficient (Wildman–Crippen LogP) is 2.94. The molecule has 1 N–H and O–H groups in total. The third-order valence-electron chi connectivity index (χ3n) is 4.93. The van der Waals surface area contributed by atoms with Gasteiger partial charge in [0.05, 0.1) is 18.8 Å². The van der Waals surface area contributed by atoms with Gasteiger partial charge in [0, 0.05) is 42.7 Å². The fourth-order valence-electron chi connectivity index (χ4n) is 3.54. The summed E-state index contributed by atoms with van der Waals surface area (Å²) in [5, 5.41) is 3.56. The van der Waals surface area contributed by atoms with Crippen molar-refractivity contribution < 1.29 is 4.74 Å². The summed E-state index contributed by atoms with van der Waals surface area (Å²) in [6.07, 6.45) is 5.32. The second-order valence-corrected chi connectivity index (χ2v) is 6.61. The SMILES string of the molecule is COc1ccccc1CNC1CCCn2c1nc(-c1ccncc1)cc2=O. The lowest BCUT2D eigenvalue weighted by atomic mass is 10.0. The minimum absolute atomic E-state index is 0.00407. The minimum atomic E-state index is -0.00407. The second-order valence-electron chi connectivity index (χ2n) is 6.61. The molecule has 1 aliphatic rings. The van der Waals surface area contributed by atoms with Gasteiger partial charge in [-0.3, -0.25) is 14.3 Å². The van der Waals surface area contributed by atoms with E-state index in [1.807, 2.05) is 36.4 Å². The zero-order valence-electron chi connectivity index (χ0n) is 15.3. The van der Waals surface area contributed by atoms with E-state index in [0.717, 1.165) is 35.5 Å². The summed E-state index contributed by atoms with van der Waals surface area (Å²) in [5.74, 6) is 1.66. The molecule has 0 aliphatic carbocycles. The summed E-state index contributed by atoms with van der Waals surface area (Å²) in [6.45, 7) is 1.37. The summed E-state index contributed by atoms with van der Waals surface area (Å²) >= 11 is 0. The molecule has 6 heteroatoms. The molecule has 4 rings (SSSR count). The normalized spacial score (nSPS) is 16.0. The smallest absolute Gasteiger partial charge is 0.254 e. The first kappa shape index (κ1) is 17.4. The fraction of sp³-hybridized carbons (Fsp3) is 0.286. The third kappa shape index (κ3) is 3.61. The number of hydrogen-bond acceptors (Lipinski definition) is 5. The van der Waals surface area contributed by atoms with Crippen molar-refractivity contribution in [2.24, 2.45) is 0 Å². The molecule has 2 aromatic heterocycles. The van der Waals surface area contributed by atoms with Gasteiger partial charge in [0.2, 0.25) is 0 Å². The lowest BCUT2D eigenvalue weighted by molar-refractivity contribution is 0.365. The van der Waals surface area contributed by atoms with Crippen molar-refractivity contribution in [1.82, 2.24) is 19.9 Å². The average molecular weight is 362 g/mol. The number of nitrogens with zero attached hydrogens (tertiary/aromatic N) is 3. The summed E-state index contributed by atoms with van der Waals surface area (Å²) in [4.78, 5) is 21.5. The number of nitrogens with one attached hydrogen (secondary N) is 1. The molecule has 0 saturated heterocycles. The van der Waals surface area contributed by atoms with Gasteiger partial charge in [-0.05, 0) is 31.0 Å². The maximum Gasteiger partial charge on any atom is 0.254 e. The van der Waals surface area contributed by atoms with Crippen LogP contribution in [0.15, 0.2) is 59.7 Å². The van der Waals surface area contributed by atoms with E-state index in [2.05, 4.69) is 10.3 Å². The summed E-state index contributed by atoms with van der Waals surface area (Å²) < 4.78 is 7.22. The zero-order chi connectivity index (χ0) is 18.6. The molecule has 0 radical (unpaired) electrons. The van der Waals surface area contributed by atoms with Crippen LogP contribution in [-0.2, 0) is 13.1 Å². The number of ether oxygens (including phenoxy) is 1. The molecule has 3 aromatic rings. The minimum Gasteiger partial charge on any atom is -0.496 e. The van der Waals surface area contributed by atoms with Gasteiger partial charge in [-0.15, -0.1) is 0 Å². The van der Waals surface area contributed by atoms with E-state index in [1.54, 1.807) is 30.1 Å². The van der Waals surface area contributed by atoms with E-state index in [4.69, 9.17) is 9.72 Å². The molecule has 1 atom stereocenters. The molecule has 1 unspecified atom stereocenters. The maximum absolute atomic E-state index is 12.6. The fourth-order valence-corrected chi connectivity index (χ4v) is 3.54.